The molecule has 5 nitrogen and oxygen atoms in total. The first-order valence-corrected chi connectivity index (χ1v) is 4.57. The Labute approximate surface area is 86.6 Å². The molecule has 1 aliphatic heterocycles. The van der Waals surface area contributed by atoms with Crippen molar-refractivity contribution in [3.63, 3.8) is 0 Å². The summed E-state index contributed by atoms with van der Waals surface area (Å²) in [6, 6.07) is 5.04. The first-order valence-electron chi connectivity index (χ1n) is 4.57. The van der Waals surface area contributed by atoms with E-state index in [0.717, 1.165) is 10.5 Å². The van der Waals surface area contributed by atoms with Gasteiger partial charge in [0.1, 0.15) is 0 Å². The van der Waals surface area contributed by atoms with Gasteiger partial charge in [-0.1, -0.05) is 0 Å². The smallest absolute Gasteiger partial charge is 0.247 e. The van der Waals surface area contributed by atoms with E-state index in [1.807, 2.05) is 0 Å². The summed E-state index contributed by atoms with van der Waals surface area (Å²) in [5, 5.41) is 0. The molecule has 0 spiro atoms. The third-order valence-corrected chi connectivity index (χ3v) is 2.36. The Bertz CT molecular complexity index is 442. The van der Waals surface area contributed by atoms with Crippen LogP contribution in [0, 0.1) is 0 Å². The third kappa shape index (κ3) is 1.46. The van der Waals surface area contributed by atoms with Crippen LogP contribution in [0.25, 0.3) is 0 Å². The summed E-state index contributed by atoms with van der Waals surface area (Å²) >= 11 is 0. The molecule has 1 aromatic carbocycles. The van der Waals surface area contributed by atoms with Gasteiger partial charge in [0.25, 0.3) is 0 Å². The highest BCUT2D eigenvalue weighted by molar-refractivity contribution is 6.19. The molecule has 5 heteroatoms. The Hall–Kier alpha value is -1.88. The van der Waals surface area contributed by atoms with Crippen molar-refractivity contribution in [2.75, 3.05) is 17.2 Å². The van der Waals surface area contributed by atoms with Gasteiger partial charge >= 0.3 is 0 Å². The maximum Gasteiger partial charge on any atom is 0.247 e. The SMILES string of the molecule is NCC(=O)N1C(=O)Cc2cc(N)ccc21. The van der Waals surface area contributed by atoms with Crippen molar-refractivity contribution in [1.82, 2.24) is 0 Å². The molecule has 0 unspecified atom stereocenters. The number of nitrogens with two attached hydrogens (primary N) is 2. The highest BCUT2D eigenvalue weighted by Crippen LogP contribution is 2.30. The van der Waals surface area contributed by atoms with Crippen molar-refractivity contribution in [3.8, 4) is 0 Å². The highest BCUT2D eigenvalue weighted by Gasteiger charge is 2.31. The number of imide groups is 1. The van der Waals surface area contributed by atoms with Gasteiger partial charge in [0.05, 0.1) is 18.7 Å². The summed E-state index contributed by atoms with van der Waals surface area (Å²) in [6.45, 7) is -0.171. The van der Waals surface area contributed by atoms with E-state index in [4.69, 9.17) is 11.5 Å². The van der Waals surface area contributed by atoms with Gasteiger partial charge in [-0.2, -0.15) is 0 Å². The van der Waals surface area contributed by atoms with Crippen LogP contribution in [0.3, 0.4) is 0 Å². The summed E-state index contributed by atoms with van der Waals surface area (Å²) in [4.78, 5) is 24.1. The van der Waals surface area contributed by atoms with Crippen molar-refractivity contribution in [1.29, 1.82) is 0 Å². The molecule has 0 aliphatic carbocycles. The lowest BCUT2D eigenvalue weighted by molar-refractivity contribution is -0.124. The second-order valence-electron chi connectivity index (χ2n) is 3.39. The average Bonchev–Trinajstić information content (AvgIpc) is 2.52. The molecule has 1 aromatic rings. The largest absolute Gasteiger partial charge is 0.399 e. The summed E-state index contributed by atoms with van der Waals surface area (Å²) in [6.07, 6.45) is 0.214. The van der Waals surface area contributed by atoms with E-state index in [2.05, 4.69) is 0 Å². The lowest BCUT2D eigenvalue weighted by atomic mass is 10.1. The van der Waals surface area contributed by atoms with Crippen molar-refractivity contribution >= 4 is 23.2 Å². The zero-order valence-corrected chi connectivity index (χ0v) is 8.06. The Morgan fingerprint density at radius 3 is 2.87 bits per heavy atom. The van der Waals surface area contributed by atoms with Gasteiger partial charge < -0.3 is 11.5 Å². The molecule has 0 radical (unpaired) electrons. The van der Waals surface area contributed by atoms with Crippen LogP contribution in [0.4, 0.5) is 11.4 Å². The fourth-order valence-corrected chi connectivity index (χ4v) is 1.71. The van der Waals surface area contributed by atoms with Crippen LogP contribution in [0.5, 0.6) is 0 Å². The lowest BCUT2D eigenvalue weighted by Gasteiger charge is -2.13. The second kappa shape index (κ2) is 3.36. The number of hydrogen-bond acceptors (Lipinski definition) is 4. The fraction of sp³-hybridized carbons (Fsp3) is 0.200. The molecule has 1 heterocycles. The predicted molar refractivity (Wildman–Crippen MR) is 56.1 cm³/mol. The molecule has 0 atom stereocenters. The number of carbonyl (C=O) groups excluding carboxylic acids is 2. The fourth-order valence-electron chi connectivity index (χ4n) is 1.71. The van der Waals surface area contributed by atoms with Crippen LogP contribution in [0.2, 0.25) is 0 Å². The molecule has 15 heavy (non-hydrogen) atoms. The van der Waals surface area contributed by atoms with E-state index in [0.29, 0.717) is 11.4 Å². The van der Waals surface area contributed by atoms with E-state index < -0.39 is 0 Å². The molecule has 2 amide bonds. The van der Waals surface area contributed by atoms with Gasteiger partial charge in [0.2, 0.25) is 11.8 Å². The van der Waals surface area contributed by atoms with E-state index >= 15 is 0 Å². The van der Waals surface area contributed by atoms with Gasteiger partial charge in [-0.25, -0.2) is 4.90 Å². The predicted octanol–water partition coefficient (Wildman–Crippen LogP) is -0.357. The normalized spacial score (nSPS) is 14.2. The highest BCUT2D eigenvalue weighted by atomic mass is 16.2. The Kier molecular flexibility index (Phi) is 2.17. The van der Waals surface area contributed by atoms with Crippen molar-refractivity contribution in [2.24, 2.45) is 5.73 Å². The molecule has 4 N–H and O–H groups in total. The van der Waals surface area contributed by atoms with Crippen molar-refractivity contribution in [2.45, 2.75) is 6.42 Å². The molecule has 0 saturated heterocycles. The number of nitrogen functional groups attached to an aromatic ring is 1. The van der Waals surface area contributed by atoms with Crippen molar-refractivity contribution in [3.05, 3.63) is 23.8 Å². The van der Waals surface area contributed by atoms with E-state index in [-0.39, 0.29) is 24.8 Å². The molecular weight excluding hydrogens is 194 g/mol. The monoisotopic (exact) mass is 205 g/mol. The van der Waals surface area contributed by atoms with Crippen LogP contribution in [0.1, 0.15) is 5.56 Å². The minimum atomic E-state index is -0.386. The number of hydrogen-bond donors (Lipinski definition) is 2. The molecule has 0 bridgehead atoms. The van der Waals surface area contributed by atoms with E-state index in [1.54, 1.807) is 18.2 Å². The molecular formula is C10H11N3O2. The summed E-state index contributed by atoms with van der Waals surface area (Å²) in [5.74, 6) is -0.630. The minimum Gasteiger partial charge on any atom is -0.399 e. The molecule has 0 aromatic heterocycles. The molecule has 0 saturated carbocycles. The van der Waals surface area contributed by atoms with Gasteiger partial charge in [0.15, 0.2) is 0 Å². The minimum absolute atomic E-state index is 0.171. The summed E-state index contributed by atoms with van der Waals surface area (Å²) in [5.41, 5.74) is 12.8. The summed E-state index contributed by atoms with van der Waals surface area (Å²) in [7, 11) is 0. The quantitative estimate of drug-likeness (QED) is 0.613. The zero-order valence-electron chi connectivity index (χ0n) is 8.06. The second-order valence-corrected chi connectivity index (χ2v) is 3.39. The first kappa shape index (κ1) is 9.67. The zero-order chi connectivity index (χ0) is 11.0. The third-order valence-electron chi connectivity index (χ3n) is 2.36. The number of amides is 2. The molecule has 0 fully saturated rings. The van der Waals surface area contributed by atoms with E-state index in [9.17, 15) is 9.59 Å². The van der Waals surface area contributed by atoms with Gasteiger partial charge in [-0.05, 0) is 23.8 Å². The number of fused-ring (bicyclic) bond motifs is 1. The lowest BCUT2D eigenvalue weighted by Crippen LogP contribution is -2.38. The van der Waals surface area contributed by atoms with E-state index in [1.165, 1.54) is 0 Å². The Morgan fingerprint density at radius 1 is 1.47 bits per heavy atom. The van der Waals surface area contributed by atoms with Crippen LogP contribution in [0.15, 0.2) is 18.2 Å². The Balaban J connectivity index is 2.46. The molecule has 2 rings (SSSR count). The van der Waals surface area contributed by atoms with Crippen LogP contribution in [-0.2, 0) is 16.0 Å². The maximum absolute atomic E-state index is 11.6. The standard InChI is InChI=1S/C10H11N3O2/c11-5-10(15)13-8-2-1-7(12)3-6(8)4-9(13)14/h1-3H,4-5,11-12H2. The number of anilines is 2. The van der Waals surface area contributed by atoms with Crippen LogP contribution < -0.4 is 16.4 Å². The van der Waals surface area contributed by atoms with Crippen LogP contribution >= 0.6 is 0 Å². The Morgan fingerprint density at radius 2 is 2.20 bits per heavy atom. The number of benzene rings is 1. The molecule has 78 valence electrons. The first-order chi connectivity index (χ1) is 7.13. The number of rotatable bonds is 1. The topological polar surface area (TPSA) is 89.4 Å². The van der Waals surface area contributed by atoms with Gasteiger partial charge in [-0.15, -0.1) is 0 Å². The number of nitrogens with zero attached hydrogens (tertiary/aromatic N) is 1. The van der Waals surface area contributed by atoms with Gasteiger partial charge in [-0.3, -0.25) is 9.59 Å². The maximum atomic E-state index is 11.6. The summed E-state index contributed by atoms with van der Waals surface area (Å²) < 4.78 is 0. The van der Waals surface area contributed by atoms with Crippen molar-refractivity contribution < 1.29 is 9.59 Å². The van der Waals surface area contributed by atoms with Gasteiger partial charge in [0, 0.05) is 5.69 Å². The van der Waals surface area contributed by atoms with Crippen LogP contribution in [-0.4, -0.2) is 18.4 Å². The number of carbonyl (C=O) groups is 2. The average molecular weight is 205 g/mol. The molecule has 1 aliphatic rings.